The van der Waals surface area contributed by atoms with Gasteiger partial charge in [0.25, 0.3) is 11.7 Å². The summed E-state index contributed by atoms with van der Waals surface area (Å²) in [6.07, 6.45) is 6.37. The van der Waals surface area contributed by atoms with Crippen LogP contribution in [0.3, 0.4) is 0 Å². The van der Waals surface area contributed by atoms with Crippen molar-refractivity contribution < 1.29 is 4.79 Å². The molecular formula is C19H16N6OS. The fourth-order valence-electron chi connectivity index (χ4n) is 3.37. The number of hydrogen-bond acceptors (Lipinski definition) is 6. The summed E-state index contributed by atoms with van der Waals surface area (Å²) < 4.78 is 2.06. The standard InChI is InChI=1S/C19H16N6OS/c26-18(16-10-27-11-20-16)21-13-7-5-12(6-8-13)15-9-25-17-4-2-1-3-14(17)23-24-19(25)22-15/h5-11H,1-4H2,(H,21,26). The van der Waals surface area contributed by atoms with Crippen molar-refractivity contribution in [2.75, 3.05) is 5.32 Å². The van der Waals surface area contributed by atoms with Crippen molar-refractivity contribution in [3.05, 3.63) is 58.4 Å². The van der Waals surface area contributed by atoms with Gasteiger partial charge >= 0.3 is 0 Å². The van der Waals surface area contributed by atoms with Crippen LogP contribution in [-0.4, -0.2) is 30.5 Å². The van der Waals surface area contributed by atoms with Crippen LogP contribution in [0.25, 0.3) is 17.0 Å². The van der Waals surface area contributed by atoms with Gasteiger partial charge in [0.05, 0.1) is 16.9 Å². The monoisotopic (exact) mass is 376 g/mol. The lowest BCUT2D eigenvalue weighted by atomic mass is 10.0. The maximum absolute atomic E-state index is 12.1. The van der Waals surface area contributed by atoms with Gasteiger partial charge in [-0.05, 0) is 37.8 Å². The Bertz CT molecular complexity index is 1120. The summed E-state index contributed by atoms with van der Waals surface area (Å²) in [7, 11) is 0. The molecule has 0 saturated carbocycles. The second-order valence-corrected chi connectivity index (χ2v) is 7.22. The van der Waals surface area contributed by atoms with Gasteiger partial charge in [0.2, 0.25) is 0 Å². The van der Waals surface area contributed by atoms with Crippen molar-refractivity contribution >= 4 is 28.7 Å². The van der Waals surface area contributed by atoms with E-state index in [1.807, 2.05) is 30.5 Å². The number of amides is 1. The van der Waals surface area contributed by atoms with Crippen LogP contribution in [0.5, 0.6) is 0 Å². The van der Waals surface area contributed by atoms with E-state index in [0.717, 1.165) is 35.5 Å². The van der Waals surface area contributed by atoms with Gasteiger partial charge in [0.15, 0.2) is 0 Å². The van der Waals surface area contributed by atoms with Crippen LogP contribution in [0.4, 0.5) is 5.69 Å². The van der Waals surface area contributed by atoms with Gasteiger partial charge in [-0.15, -0.1) is 16.4 Å². The van der Waals surface area contributed by atoms with Crippen molar-refractivity contribution in [2.45, 2.75) is 25.7 Å². The number of aryl methyl sites for hydroxylation is 2. The Balaban J connectivity index is 1.42. The Morgan fingerprint density at radius 1 is 1.11 bits per heavy atom. The summed E-state index contributed by atoms with van der Waals surface area (Å²) in [4.78, 5) is 20.7. The second kappa shape index (κ2) is 6.55. The summed E-state index contributed by atoms with van der Waals surface area (Å²) in [6.45, 7) is 0. The lowest BCUT2D eigenvalue weighted by molar-refractivity contribution is 0.102. The van der Waals surface area contributed by atoms with Gasteiger partial charge in [-0.3, -0.25) is 9.20 Å². The Morgan fingerprint density at radius 2 is 1.96 bits per heavy atom. The highest BCUT2D eigenvalue weighted by Crippen LogP contribution is 2.24. The molecular weight excluding hydrogens is 360 g/mol. The van der Waals surface area contributed by atoms with Crippen LogP contribution < -0.4 is 5.32 Å². The third-order valence-electron chi connectivity index (χ3n) is 4.75. The molecule has 1 aliphatic carbocycles. The van der Waals surface area contributed by atoms with Crippen LogP contribution in [0, 0.1) is 0 Å². The largest absolute Gasteiger partial charge is 0.321 e. The molecule has 0 atom stereocenters. The Morgan fingerprint density at radius 3 is 2.78 bits per heavy atom. The minimum atomic E-state index is -0.210. The Kier molecular flexibility index (Phi) is 3.90. The van der Waals surface area contributed by atoms with Crippen molar-refractivity contribution in [3.63, 3.8) is 0 Å². The number of benzene rings is 1. The molecule has 1 N–H and O–H groups in total. The molecule has 0 bridgehead atoms. The van der Waals surface area contributed by atoms with Crippen molar-refractivity contribution in [3.8, 4) is 11.3 Å². The van der Waals surface area contributed by atoms with Crippen LogP contribution in [0.15, 0.2) is 41.4 Å². The molecule has 3 heterocycles. The predicted molar refractivity (Wildman–Crippen MR) is 103 cm³/mol. The Hall–Kier alpha value is -3.13. The van der Waals surface area contributed by atoms with E-state index in [4.69, 9.17) is 0 Å². The van der Waals surface area contributed by atoms with Gasteiger partial charge < -0.3 is 5.32 Å². The molecule has 1 amide bonds. The number of rotatable bonds is 3. The van der Waals surface area contributed by atoms with Gasteiger partial charge in [-0.2, -0.15) is 5.10 Å². The maximum Gasteiger partial charge on any atom is 0.275 e. The van der Waals surface area contributed by atoms with Crippen LogP contribution in [0.2, 0.25) is 0 Å². The average Bonchev–Trinajstić information content (AvgIpc) is 3.38. The zero-order valence-electron chi connectivity index (χ0n) is 14.4. The quantitative estimate of drug-likeness (QED) is 0.592. The van der Waals surface area contributed by atoms with Gasteiger partial charge in [0, 0.05) is 28.5 Å². The summed E-state index contributed by atoms with van der Waals surface area (Å²) in [6, 6.07) is 7.62. The minimum absolute atomic E-state index is 0.210. The van der Waals surface area contributed by atoms with E-state index in [1.165, 1.54) is 29.9 Å². The first-order valence-electron chi connectivity index (χ1n) is 8.81. The minimum Gasteiger partial charge on any atom is -0.321 e. The second-order valence-electron chi connectivity index (χ2n) is 6.50. The smallest absolute Gasteiger partial charge is 0.275 e. The molecule has 0 aliphatic heterocycles. The number of thiazole rings is 1. The van der Waals surface area contributed by atoms with E-state index in [2.05, 4.69) is 29.9 Å². The number of anilines is 1. The van der Waals surface area contributed by atoms with E-state index in [0.29, 0.717) is 11.5 Å². The number of aromatic nitrogens is 5. The molecule has 7 nitrogen and oxygen atoms in total. The first kappa shape index (κ1) is 16.1. The fourth-order valence-corrected chi connectivity index (χ4v) is 3.90. The summed E-state index contributed by atoms with van der Waals surface area (Å²) >= 11 is 1.40. The fraction of sp³-hybridized carbons (Fsp3) is 0.211. The molecule has 0 spiro atoms. The summed E-state index contributed by atoms with van der Waals surface area (Å²) in [5.41, 5.74) is 6.90. The molecule has 1 aromatic carbocycles. The molecule has 5 rings (SSSR count). The first-order valence-corrected chi connectivity index (χ1v) is 9.76. The molecule has 27 heavy (non-hydrogen) atoms. The number of nitrogens with zero attached hydrogens (tertiary/aromatic N) is 5. The van der Waals surface area contributed by atoms with E-state index < -0.39 is 0 Å². The Labute approximate surface area is 159 Å². The van der Waals surface area contributed by atoms with Gasteiger partial charge in [-0.1, -0.05) is 12.1 Å². The van der Waals surface area contributed by atoms with Gasteiger partial charge in [-0.25, -0.2) is 9.97 Å². The maximum atomic E-state index is 12.1. The van der Waals surface area contributed by atoms with Crippen LogP contribution in [-0.2, 0) is 12.8 Å². The SMILES string of the molecule is O=C(Nc1ccc(-c2cn3c4c(nnc3n2)CCCC4)cc1)c1cscn1. The number of nitrogens with one attached hydrogen (secondary N) is 1. The number of fused-ring (bicyclic) bond motifs is 3. The van der Waals surface area contributed by atoms with Gasteiger partial charge in [0.1, 0.15) is 5.69 Å². The topological polar surface area (TPSA) is 85.1 Å². The molecule has 0 radical (unpaired) electrons. The van der Waals surface area contributed by atoms with E-state index >= 15 is 0 Å². The van der Waals surface area contributed by atoms with Crippen molar-refractivity contribution in [1.29, 1.82) is 0 Å². The summed E-state index contributed by atoms with van der Waals surface area (Å²) in [5, 5.41) is 13.2. The molecule has 134 valence electrons. The van der Waals surface area contributed by atoms with E-state index in [1.54, 1.807) is 10.9 Å². The first-order chi connectivity index (χ1) is 13.3. The highest BCUT2D eigenvalue weighted by molar-refractivity contribution is 7.07. The molecule has 3 aromatic heterocycles. The average molecular weight is 376 g/mol. The number of hydrogen-bond donors (Lipinski definition) is 1. The molecule has 4 aromatic rings. The lowest BCUT2D eigenvalue weighted by Gasteiger charge is -2.14. The normalized spacial score (nSPS) is 13.5. The van der Waals surface area contributed by atoms with E-state index in [-0.39, 0.29) is 5.91 Å². The zero-order valence-corrected chi connectivity index (χ0v) is 15.2. The molecule has 0 saturated heterocycles. The zero-order chi connectivity index (χ0) is 18.2. The van der Waals surface area contributed by atoms with Crippen molar-refractivity contribution in [1.82, 2.24) is 24.6 Å². The highest BCUT2D eigenvalue weighted by Gasteiger charge is 2.17. The third-order valence-corrected chi connectivity index (χ3v) is 5.34. The van der Waals surface area contributed by atoms with Crippen LogP contribution >= 0.6 is 11.3 Å². The van der Waals surface area contributed by atoms with Crippen molar-refractivity contribution in [2.24, 2.45) is 0 Å². The summed E-state index contributed by atoms with van der Waals surface area (Å²) in [5.74, 6) is 0.421. The van der Waals surface area contributed by atoms with E-state index in [9.17, 15) is 4.79 Å². The number of carbonyl (C=O) groups is 1. The number of imidazole rings is 1. The molecule has 0 unspecified atom stereocenters. The predicted octanol–water partition coefficient (Wildman–Crippen LogP) is 3.38. The third kappa shape index (κ3) is 2.97. The highest BCUT2D eigenvalue weighted by atomic mass is 32.1. The molecule has 8 heteroatoms. The molecule has 0 fully saturated rings. The molecule has 1 aliphatic rings. The van der Waals surface area contributed by atoms with Crippen LogP contribution in [0.1, 0.15) is 34.7 Å². The lowest BCUT2D eigenvalue weighted by Crippen LogP contribution is -2.12. The number of carbonyl (C=O) groups excluding carboxylic acids is 1.